The molecular weight excluding hydrogens is 152 g/mol. The number of rotatable bonds is 0. The fourth-order valence-electron chi connectivity index (χ4n) is 2.02. The summed E-state index contributed by atoms with van der Waals surface area (Å²) < 4.78 is 5.44. The maximum Gasteiger partial charge on any atom is 0.197 e. The van der Waals surface area contributed by atoms with Gasteiger partial charge in [0, 0.05) is 6.42 Å². The van der Waals surface area contributed by atoms with Crippen molar-refractivity contribution in [3.63, 3.8) is 0 Å². The number of ketones is 1. The number of Topliss-reactive ketones (excluding diaryl/α,β-unsaturated/α-hetero) is 1. The zero-order chi connectivity index (χ0) is 8.55. The van der Waals surface area contributed by atoms with Crippen LogP contribution in [0, 0.1) is 5.92 Å². The van der Waals surface area contributed by atoms with Crippen LogP contribution in [0.3, 0.4) is 0 Å². The van der Waals surface area contributed by atoms with Gasteiger partial charge < -0.3 is 4.74 Å². The first-order chi connectivity index (χ1) is 5.79. The molecule has 1 aliphatic heterocycles. The van der Waals surface area contributed by atoms with E-state index in [1.165, 1.54) is 12.0 Å². The summed E-state index contributed by atoms with van der Waals surface area (Å²) in [5, 5.41) is 0. The number of carbonyl (C=O) groups excluding carboxylic acids is 1. The van der Waals surface area contributed by atoms with Crippen LogP contribution in [-0.2, 0) is 9.53 Å². The van der Waals surface area contributed by atoms with Gasteiger partial charge >= 0.3 is 0 Å². The van der Waals surface area contributed by atoms with Crippen LogP contribution in [0.4, 0.5) is 0 Å². The van der Waals surface area contributed by atoms with Crippen LogP contribution in [0.15, 0.2) is 11.3 Å². The summed E-state index contributed by atoms with van der Waals surface area (Å²) in [6.07, 6.45) is 4.01. The molecule has 66 valence electrons. The Hall–Kier alpha value is -0.790. The molecule has 0 fully saturated rings. The molecule has 2 nitrogen and oxygen atoms in total. The maximum absolute atomic E-state index is 11.4. The largest absolute Gasteiger partial charge is 0.490 e. The third-order valence-electron chi connectivity index (χ3n) is 2.72. The molecule has 1 atom stereocenters. The summed E-state index contributed by atoms with van der Waals surface area (Å²) in [6, 6.07) is 0. The zero-order valence-corrected chi connectivity index (χ0v) is 7.43. The summed E-state index contributed by atoms with van der Waals surface area (Å²) in [7, 11) is 0. The molecule has 0 radical (unpaired) electrons. The van der Waals surface area contributed by atoms with Crippen molar-refractivity contribution in [3.05, 3.63) is 11.3 Å². The van der Waals surface area contributed by atoms with Gasteiger partial charge in [0.1, 0.15) is 0 Å². The third kappa shape index (κ3) is 1.15. The van der Waals surface area contributed by atoms with Crippen LogP contribution in [-0.4, -0.2) is 12.4 Å². The van der Waals surface area contributed by atoms with Crippen molar-refractivity contribution in [2.75, 3.05) is 6.61 Å². The van der Waals surface area contributed by atoms with Crippen molar-refractivity contribution in [3.8, 4) is 0 Å². The number of ether oxygens (including phenoxy) is 1. The lowest BCUT2D eigenvalue weighted by atomic mass is 9.99. The molecule has 0 aromatic carbocycles. The molecule has 0 amide bonds. The highest BCUT2D eigenvalue weighted by atomic mass is 16.5. The fourth-order valence-corrected chi connectivity index (χ4v) is 2.02. The summed E-state index contributed by atoms with van der Waals surface area (Å²) in [6.45, 7) is 2.85. The molecule has 1 aliphatic carbocycles. The van der Waals surface area contributed by atoms with Crippen LogP contribution < -0.4 is 0 Å². The van der Waals surface area contributed by atoms with Crippen LogP contribution in [0.1, 0.15) is 32.6 Å². The minimum Gasteiger partial charge on any atom is -0.490 e. The highest BCUT2D eigenvalue weighted by molar-refractivity contribution is 5.97. The Balaban J connectivity index is 2.27. The average Bonchev–Trinajstić information content (AvgIpc) is 2.29. The predicted octanol–water partition coefficient (Wildman–Crippen LogP) is 2.05. The molecule has 2 rings (SSSR count). The molecule has 0 saturated heterocycles. The molecule has 12 heavy (non-hydrogen) atoms. The molecule has 0 aromatic heterocycles. The van der Waals surface area contributed by atoms with E-state index in [0.717, 1.165) is 19.4 Å². The number of hydrogen-bond donors (Lipinski definition) is 0. The number of allylic oxidation sites excluding steroid dienone is 2. The van der Waals surface area contributed by atoms with Crippen molar-refractivity contribution in [1.82, 2.24) is 0 Å². The average molecular weight is 166 g/mol. The van der Waals surface area contributed by atoms with Gasteiger partial charge in [-0.1, -0.05) is 6.92 Å². The smallest absolute Gasteiger partial charge is 0.197 e. The highest BCUT2D eigenvalue weighted by Gasteiger charge is 2.31. The highest BCUT2D eigenvalue weighted by Crippen LogP contribution is 2.34. The second-order valence-electron chi connectivity index (χ2n) is 3.69. The Morgan fingerprint density at radius 2 is 2.25 bits per heavy atom. The first kappa shape index (κ1) is 7.84. The van der Waals surface area contributed by atoms with Crippen molar-refractivity contribution in [2.45, 2.75) is 32.6 Å². The van der Waals surface area contributed by atoms with Gasteiger partial charge in [-0.2, -0.15) is 0 Å². The van der Waals surface area contributed by atoms with E-state index in [0.29, 0.717) is 18.1 Å². The topological polar surface area (TPSA) is 26.3 Å². The van der Waals surface area contributed by atoms with E-state index in [9.17, 15) is 4.79 Å². The Morgan fingerprint density at radius 1 is 1.42 bits per heavy atom. The monoisotopic (exact) mass is 166 g/mol. The first-order valence-corrected chi connectivity index (χ1v) is 4.68. The van der Waals surface area contributed by atoms with E-state index in [2.05, 4.69) is 6.92 Å². The SMILES string of the molecule is CC1CC(=O)C2=C1CCCCO2. The van der Waals surface area contributed by atoms with E-state index in [-0.39, 0.29) is 5.78 Å². The van der Waals surface area contributed by atoms with Crippen LogP contribution >= 0.6 is 0 Å². The molecule has 1 unspecified atom stereocenters. The van der Waals surface area contributed by atoms with E-state index < -0.39 is 0 Å². The van der Waals surface area contributed by atoms with Gasteiger partial charge in [0.15, 0.2) is 11.5 Å². The van der Waals surface area contributed by atoms with Gasteiger partial charge in [-0.25, -0.2) is 0 Å². The predicted molar refractivity (Wildman–Crippen MR) is 45.6 cm³/mol. The molecule has 0 saturated carbocycles. The van der Waals surface area contributed by atoms with Gasteiger partial charge in [-0.05, 0) is 30.8 Å². The molecule has 2 aliphatic rings. The first-order valence-electron chi connectivity index (χ1n) is 4.68. The van der Waals surface area contributed by atoms with E-state index in [4.69, 9.17) is 4.74 Å². The second kappa shape index (κ2) is 2.92. The molecule has 1 heterocycles. The van der Waals surface area contributed by atoms with Gasteiger partial charge in [0.05, 0.1) is 6.61 Å². The maximum atomic E-state index is 11.4. The van der Waals surface area contributed by atoms with Crippen LogP contribution in [0.5, 0.6) is 0 Å². The Morgan fingerprint density at radius 3 is 3.08 bits per heavy atom. The summed E-state index contributed by atoms with van der Waals surface area (Å²) in [4.78, 5) is 11.4. The molecule has 0 spiro atoms. The van der Waals surface area contributed by atoms with Crippen LogP contribution in [0.25, 0.3) is 0 Å². The fraction of sp³-hybridized carbons (Fsp3) is 0.700. The Bertz CT molecular complexity index is 240. The minimum absolute atomic E-state index is 0.222. The second-order valence-corrected chi connectivity index (χ2v) is 3.69. The van der Waals surface area contributed by atoms with Crippen molar-refractivity contribution in [1.29, 1.82) is 0 Å². The van der Waals surface area contributed by atoms with E-state index >= 15 is 0 Å². The van der Waals surface area contributed by atoms with Gasteiger partial charge in [0.2, 0.25) is 0 Å². The number of hydrogen-bond acceptors (Lipinski definition) is 2. The zero-order valence-electron chi connectivity index (χ0n) is 7.43. The van der Waals surface area contributed by atoms with Gasteiger partial charge in [-0.15, -0.1) is 0 Å². The standard InChI is InChI=1S/C10H14O2/c1-7-6-9(11)10-8(7)4-2-3-5-12-10/h7H,2-6H2,1H3. The molecule has 0 aromatic rings. The lowest BCUT2D eigenvalue weighted by Crippen LogP contribution is -2.01. The molecular formula is C10H14O2. The van der Waals surface area contributed by atoms with Crippen LogP contribution in [0.2, 0.25) is 0 Å². The van der Waals surface area contributed by atoms with E-state index in [1.54, 1.807) is 0 Å². The van der Waals surface area contributed by atoms with E-state index in [1.807, 2.05) is 0 Å². The molecule has 0 N–H and O–H groups in total. The lowest BCUT2D eigenvalue weighted by Gasteiger charge is -2.04. The van der Waals surface area contributed by atoms with Gasteiger partial charge in [-0.3, -0.25) is 4.79 Å². The summed E-state index contributed by atoms with van der Waals surface area (Å²) in [5.41, 5.74) is 1.28. The third-order valence-corrected chi connectivity index (χ3v) is 2.72. The normalized spacial score (nSPS) is 29.8. The Kier molecular flexibility index (Phi) is 1.91. The minimum atomic E-state index is 0.222. The van der Waals surface area contributed by atoms with Crippen molar-refractivity contribution >= 4 is 5.78 Å². The number of carbonyl (C=O) groups is 1. The molecule has 2 heteroatoms. The molecule has 0 bridgehead atoms. The van der Waals surface area contributed by atoms with Gasteiger partial charge in [0.25, 0.3) is 0 Å². The Labute approximate surface area is 72.6 Å². The van der Waals surface area contributed by atoms with Crippen molar-refractivity contribution < 1.29 is 9.53 Å². The summed E-state index contributed by atoms with van der Waals surface area (Å²) in [5.74, 6) is 1.37. The lowest BCUT2D eigenvalue weighted by molar-refractivity contribution is -0.118. The summed E-state index contributed by atoms with van der Waals surface area (Å²) >= 11 is 0. The quantitative estimate of drug-likeness (QED) is 0.550. The van der Waals surface area contributed by atoms with Crippen molar-refractivity contribution in [2.24, 2.45) is 5.92 Å².